The highest BCUT2D eigenvalue weighted by molar-refractivity contribution is 5.78. The molecule has 4 fully saturated rings. The third kappa shape index (κ3) is 16.9. The summed E-state index contributed by atoms with van der Waals surface area (Å²) in [6.45, 7) is -0.253. The highest BCUT2D eigenvalue weighted by atomic mass is 14.9. The fourth-order valence-corrected chi connectivity index (χ4v) is 23.0. The monoisotopic (exact) mass is 1570 g/mol. The summed E-state index contributed by atoms with van der Waals surface area (Å²) in [4.78, 5) is 0. The van der Waals surface area contributed by atoms with E-state index in [9.17, 15) is 0 Å². The van der Waals surface area contributed by atoms with Crippen LogP contribution in [-0.2, 0) is 79.6 Å². The van der Waals surface area contributed by atoms with Gasteiger partial charge in [0.15, 0.2) is 24.8 Å². The summed E-state index contributed by atoms with van der Waals surface area (Å²) in [5.41, 5.74) is 36.0. The summed E-state index contributed by atoms with van der Waals surface area (Å²) in [6.07, 6.45) is 46.1. The second-order valence-electron chi connectivity index (χ2n) is 37.8. The molecule has 4 spiro atoms. The number of hydrogen-bond acceptors (Lipinski definition) is 0. The Balaban J connectivity index is 0.000000121. The van der Waals surface area contributed by atoms with Crippen LogP contribution in [0.25, 0.3) is 89.5 Å². The van der Waals surface area contributed by atoms with Crippen LogP contribution >= 0.6 is 0 Å². The molecule has 4 saturated carbocycles. The van der Waals surface area contributed by atoms with E-state index in [1.165, 1.54) is 221 Å². The molecule has 0 N–H and O–H groups in total. The van der Waals surface area contributed by atoms with Crippen LogP contribution in [0, 0.1) is 76.8 Å². The lowest BCUT2D eigenvalue weighted by molar-refractivity contribution is -0.660. The van der Waals surface area contributed by atoms with Crippen LogP contribution in [0.1, 0.15) is 247 Å². The van der Waals surface area contributed by atoms with E-state index in [1.54, 1.807) is 12.4 Å². The van der Waals surface area contributed by atoms with E-state index in [1.807, 2.05) is 107 Å². The highest BCUT2D eigenvalue weighted by Crippen LogP contribution is 2.53. The number of aryl methyl sites for hydroxylation is 16. The number of hydrogen-bond donors (Lipinski definition) is 0. The van der Waals surface area contributed by atoms with Gasteiger partial charge in [-0.2, -0.15) is 0 Å². The predicted octanol–water partition coefficient (Wildman–Crippen LogP) is 26.8. The Hall–Kier alpha value is -9.64. The van der Waals surface area contributed by atoms with Crippen LogP contribution in [0.4, 0.5) is 0 Å². The Morgan fingerprint density at radius 3 is 0.712 bits per heavy atom. The predicted molar refractivity (Wildman–Crippen MR) is 493 cm³/mol. The summed E-state index contributed by atoms with van der Waals surface area (Å²) >= 11 is 0. The quantitative estimate of drug-likeness (QED) is 0.135. The normalized spacial score (nSPS) is 19.5. The van der Waals surface area contributed by atoms with Gasteiger partial charge < -0.3 is 0 Å². The topological polar surface area (TPSA) is 15.5 Å². The van der Waals surface area contributed by atoms with Crippen molar-refractivity contribution >= 4 is 0 Å². The molecular weight excluding hydrogens is 1430 g/mol. The fourth-order valence-electron chi connectivity index (χ4n) is 23.0. The zero-order chi connectivity index (χ0) is 91.5. The first-order valence-electron chi connectivity index (χ1n) is 50.9. The van der Waals surface area contributed by atoms with E-state index in [2.05, 4.69) is 173 Å². The molecule has 8 aromatic carbocycles. The molecule has 8 aliphatic rings. The maximum absolute atomic E-state index is 8.24. The molecule has 8 aliphatic carbocycles. The summed E-state index contributed by atoms with van der Waals surface area (Å²) in [7, 11) is 7.77. The highest BCUT2D eigenvalue weighted by Gasteiger charge is 2.41. The van der Waals surface area contributed by atoms with E-state index in [-0.39, 0.29) is 0 Å². The van der Waals surface area contributed by atoms with Crippen molar-refractivity contribution in [2.45, 2.75) is 248 Å². The van der Waals surface area contributed by atoms with Gasteiger partial charge in [0.05, 0.1) is 0 Å². The van der Waals surface area contributed by atoms with Gasteiger partial charge in [-0.15, -0.1) is 0 Å². The number of fused-ring (bicyclic) bond motifs is 4. The van der Waals surface area contributed by atoms with Gasteiger partial charge in [0, 0.05) is 85.2 Å². The van der Waals surface area contributed by atoms with E-state index in [4.69, 9.17) is 16.4 Å². The van der Waals surface area contributed by atoms with Crippen LogP contribution in [0.2, 0.25) is 0 Å². The smallest absolute Gasteiger partial charge is 0.201 e. The van der Waals surface area contributed by atoms with Crippen molar-refractivity contribution < 1.29 is 34.7 Å². The SMILES string of the molecule is [2H]C([2H])([2H])c1c[n+](C)c(-c2ccccc2C)cc1-c1ccc2c(c1)CC1(CCCC1)CC2.[2H]C([2H])([2H])c1c[n+](C)c(-c2ccccc2C)cc1-c1ccc2c(c1)CC1(CCCCC1)CC2.[2H]C([2H])([2H])c1c[n+](C)c(-c2ccccc2C)cc1-c1ccc2c(c1)CCC1(CCCC1)C2.[2H]C([2H])([2H])c1c[n+](C)c(-c2ccccc2C)cc1-c1ccc2c(c1)CCC1(CCCCC1)C2. The first-order chi connectivity index (χ1) is 62.0. The largest absolute Gasteiger partial charge is 0.213 e. The Morgan fingerprint density at radius 1 is 0.220 bits per heavy atom. The molecule has 4 aromatic heterocycles. The lowest BCUT2D eigenvalue weighted by Crippen LogP contribution is -2.31. The summed E-state index contributed by atoms with van der Waals surface area (Å²) in [5, 5.41) is 0. The zero-order valence-corrected chi connectivity index (χ0v) is 71.8. The fraction of sp³-hybridized carbons (Fsp3) is 0.404. The van der Waals surface area contributed by atoms with Gasteiger partial charge in [-0.1, -0.05) is 210 Å². The average Bonchev–Trinajstić information content (AvgIpc) is 1.10. The minimum atomic E-state index is -2.17. The number of pyridine rings is 4. The van der Waals surface area contributed by atoms with Crippen molar-refractivity contribution in [1.29, 1.82) is 0 Å². The number of nitrogens with zero attached hydrogens (tertiary/aromatic N) is 4. The van der Waals surface area contributed by atoms with Crippen molar-refractivity contribution in [2.75, 3.05) is 0 Å². The molecule has 12 aromatic rings. The van der Waals surface area contributed by atoms with Crippen molar-refractivity contribution in [1.82, 2.24) is 0 Å². The van der Waals surface area contributed by atoms with Crippen molar-refractivity contribution in [3.63, 3.8) is 0 Å². The Kier molecular flexibility index (Phi) is 19.5. The van der Waals surface area contributed by atoms with Crippen molar-refractivity contribution in [2.24, 2.45) is 49.9 Å². The van der Waals surface area contributed by atoms with Gasteiger partial charge in [0.2, 0.25) is 22.8 Å². The molecule has 4 nitrogen and oxygen atoms in total. The lowest BCUT2D eigenvalue weighted by atomic mass is 9.64. The second kappa shape index (κ2) is 34.2. The van der Waals surface area contributed by atoms with Gasteiger partial charge in [-0.25, -0.2) is 18.3 Å². The number of benzene rings is 8. The standard InChI is InChI=1S/2C29H34N.2C28H32N/c1-21-9-5-6-10-26(21)28-18-27(22(2)20-30(28)3)24-11-12-25-19-29(14-7-4-8-15-29)16-13-23(25)17-24;1-21-9-5-6-10-26(21)28-18-27(22(2)20-30(28)3)24-12-11-23-13-16-29(19-25(23)17-24)14-7-4-8-15-29;1-20-8-4-5-9-25(20)27-17-26(21(2)19-29(27)3)23-10-11-24-18-28(13-6-7-14-28)15-12-22(24)16-23;1-20-8-4-5-9-25(20)27-17-26(21(2)19-29(27)3)23-11-10-22-12-15-28(13-6-7-14-28)18-24(22)16-23/h2*5-6,9-12,17-18,20H,4,7-8,13-16,19H2,1-3H3;2*4-5,8-11,16-17,19H,6-7,12-15,18H2,1-3H3/q4*+1/i4*2D3. The summed E-state index contributed by atoms with van der Waals surface area (Å²) < 4.78 is 106. The number of aromatic nitrogens is 4. The van der Waals surface area contributed by atoms with Gasteiger partial charge >= 0.3 is 0 Å². The first-order valence-corrected chi connectivity index (χ1v) is 44.9. The van der Waals surface area contributed by atoms with Gasteiger partial charge in [-0.3, -0.25) is 0 Å². The Morgan fingerprint density at radius 2 is 0.449 bits per heavy atom. The molecule has 118 heavy (non-hydrogen) atoms. The lowest BCUT2D eigenvalue weighted by Gasteiger charge is -2.41. The van der Waals surface area contributed by atoms with Gasteiger partial charge in [0.1, 0.15) is 28.2 Å². The van der Waals surface area contributed by atoms with Crippen LogP contribution in [0.15, 0.2) is 219 Å². The third-order valence-electron chi connectivity index (χ3n) is 30.0. The summed E-state index contributed by atoms with van der Waals surface area (Å²) in [5.74, 6) is 0. The molecule has 0 aliphatic heterocycles. The first kappa shape index (κ1) is 67.2. The number of rotatable bonds is 8. The van der Waals surface area contributed by atoms with Crippen LogP contribution in [0.5, 0.6) is 0 Å². The molecule has 0 bridgehead atoms. The minimum absolute atomic E-state index is 0.417. The van der Waals surface area contributed by atoms with Crippen LogP contribution < -0.4 is 18.3 Å². The molecule has 0 unspecified atom stereocenters. The van der Waals surface area contributed by atoms with E-state index in [0.717, 1.165) is 128 Å². The maximum Gasteiger partial charge on any atom is 0.213 e. The Bertz CT molecular complexity index is 6210. The molecule has 0 saturated heterocycles. The van der Waals surface area contributed by atoms with E-state index < -0.39 is 27.4 Å². The van der Waals surface area contributed by atoms with E-state index >= 15 is 0 Å². The van der Waals surface area contributed by atoms with E-state index in [0.29, 0.717) is 43.9 Å². The second-order valence-corrected chi connectivity index (χ2v) is 37.8. The molecule has 0 radical (unpaired) electrons. The van der Waals surface area contributed by atoms with Crippen molar-refractivity contribution in [3.8, 4) is 89.5 Å². The summed E-state index contributed by atoms with van der Waals surface area (Å²) in [6, 6.07) is 68.3. The molecular formula is C114H132N4+4. The molecule has 604 valence electrons. The molecule has 4 heteroatoms. The van der Waals surface area contributed by atoms with Gasteiger partial charge in [-0.05, 0) is 341 Å². The average molecular weight is 1570 g/mol. The zero-order valence-electron chi connectivity index (χ0n) is 83.8. The molecule has 4 heterocycles. The molecule has 0 amide bonds. The molecule has 0 atom stereocenters. The maximum atomic E-state index is 8.24. The third-order valence-corrected chi connectivity index (χ3v) is 30.0. The Labute approximate surface area is 725 Å². The molecule has 20 rings (SSSR count). The van der Waals surface area contributed by atoms with Crippen molar-refractivity contribution in [3.05, 3.63) is 308 Å². The van der Waals surface area contributed by atoms with Crippen LogP contribution in [-0.4, -0.2) is 0 Å². The minimum Gasteiger partial charge on any atom is -0.201 e. The van der Waals surface area contributed by atoms with Crippen LogP contribution in [0.3, 0.4) is 0 Å². The van der Waals surface area contributed by atoms with Gasteiger partial charge in [0.25, 0.3) is 0 Å².